The van der Waals surface area contributed by atoms with Crippen LogP contribution in [-0.4, -0.2) is 18.5 Å². The summed E-state index contributed by atoms with van der Waals surface area (Å²) in [6, 6.07) is 5.29. The van der Waals surface area contributed by atoms with E-state index in [1.54, 1.807) is 18.2 Å². The first-order chi connectivity index (χ1) is 8.01. The minimum absolute atomic E-state index is 0.0459. The van der Waals surface area contributed by atoms with Crippen LogP contribution in [0.15, 0.2) is 18.2 Å². The molecule has 17 heavy (non-hydrogen) atoms. The third kappa shape index (κ3) is 5.29. The predicted octanol–water partition coefficient (Wildman–Crippen LogP) is 3.32. The van der Waals surface area contributed by atoms with Crippen LogP contribution in [0.1, 0.15) is 20.3 Å². The standard InChI is InChI=1S/C12H16Cl2N2O/c1-3-8(2)16-12(17)7-15-11-5-9(13)4-10(14)6-11/h4-6,8,15H,3,7H2,1-2H3,(H,16,17). The van der Waals surface area contributed by atoms with Gasteiger partial charge in [-0.15, -0.1) is 0 Å². The molecule has 0 spiro atoms. The molecule has 1 aromatic carbocycles. The molecule has 94 valence electrons. The van der Waals surface area contributed by atoms with Crippen molar-refractivity contribution in [2.75, 3.05) is 11.9 Å². The summed E-state index contributed by atoms with van der Waals surface area (Å²) in [6.07, 6.45) is 0.911. The zero-order chi connectivity index (χ0) is 12.8. The number of hydrogen-bond acceptors (Lipinski definition) is 2. The van der Waals surface area contributed by atoms with Crippen LogP contribution in [0, 0.1) is 0 Å². The van der Waals surface area contributed by atoms with Gasteiger partial charge < -0.3 is 10.6 Å². The highest BCUT2D eigenvalue weighted by molar-refractivity contribution is 6.35. The summed E-state index contributed by atoms with van der Waals surface area (Å²) in [4.78, 5) is 11.5. The van der Waals surface area contributed by atoms with Crippen molar-refractivity contribution in [1.82, 2.24) is 5.32 Å². The van der Waals surface area contributed by atoms with Gasteiger partial charge in [0.15, 0.2) is 0 Å². The monoisotopic (exact) mass is 274 g/mol. The first-order valence-electron chi connectivity index (χ1n) is 5.50. The molecule has 0 saturated carbocycles. The minimum Gasteiger partial charge on any atom is -0.376 e. The van der Waals surface area contributed by atoms with Gasteiger partial charge in [0.05, 0.1) is 6.54 Å². The fourth-order valence-electron chi connectivity index (χ4n) is 1.27. The lowest BCUT2D eigenvalue weighted by Crippen LogP contribution is -2.36. The summed E-state index contributed by atoms with van der Waals surface area (Å²) in [6.45, 7) is 4.20. The van der Waals surface area contributed by atoms with Crippen molar-refractivity contribution in [3.05, 3.63) is 28.2 Å². The van der Waals surface area contributed by atoms with Gasteiger partial charge in [0.2, 0.25) is 5.91 Å². The minimum atomic E-state index is -0.0459. The van der Waals surface area contributed by atoms with Crippen LogP contribution in [0.3, 0.4) is 0 Å². The lowest BCUT2D eigenvalue weighted by atomic mass is 10.2. The van der Waals surface area contributed by atoms with E-state index in [4.69, 9.17) is 23.2 Å². The first-order valence-corrected chi connectivity index (χ1v) is 6.26. The summed E-state index contributed by atoms with van der Waals surface area (Å²) in [7, 11) is 0. The van der Waals surface area contributed by atoms with Gasteiger partial charge in [-0.1, -0.05) is 30.1 Å². The SMILES string of the molecule is CCC(C)NC(=O)CNc1cc(Cl)cc(Cl)c1. The Hall–Kier alpha value is -0.930. The molecule has 0 aromatic heterocycles. The van der Waals surface area contributed by atoms with E-state index in [9.17, 15) is 4.79 Å². The number of amides is 1. The van der Waals surface area contributed by atoms with E-state index >= 15 is 0 Å². The highest BCUT2D eigenvalue weighted by atomic mass is 35.5. The van der Waals surface area contributed by atoms with Gasteiger partial charge >= 0.3 is 0 Å². The Labute approximate surface area is 111 Å². The maximum atomic E-state index is 11.5. The fourth-order valence-corrected chi connectivity index (χ4v) is 1.79. The lowest BCUT2D eigenvalue weighted by Gasteiger charge is -2.12. The number of nitrogens with one attached hydrogen (secondary N) is 2. The van der Waals surface area contributed by atoms with Gasteiger partial charge in [0.1, 0.15) is 0 Å². The number of carbonyl (C=O) groups is 1. The second-order valence-corrected chi connectivity index (χ2v) is 4.76. The molecule has 1 amide bonds. The van der Waals surface area contributed by atoms with E-state index in [0.717, 1.165) is 12.1 Å². The molecule has 0 aliphatic rings. The molecule has 5 heteroatoms. The number of rotatable bonds is 5. The van der Waals surface area contributed by atoms with Crippen molar-refractivity contribution in [3.8, 4) is 0 Å². The highest BCUT2D eigenvalue weighted by Crippen LogP contribution is 2.22. The predicted molar refractivity (Wildman–Crippen MR) is 72.8 cm³/mol. The number of anilines is 1. The summed E-state index contributed by atoms with van der Waals surface area (Å²) in [5.74, 6) is -0.0459. The van der Waals surface area contributed by atoms with Crippen molar-refractivity contribution in [2.45, 2.75) is 26.3 Å². The molecule has 1 unspecified atom stereocenters. The van der Waals surface area contributed by atoms with Crippen LogP contribution in [0.2, 0.25) is 10.0 Å². The van der Waals surface area contributed by atoms with Gasteiger partial charge in [-0.25, -0.2) is 0 Å². The topological polar surface area (TPSA) is 41.1 Å². The molecule has 0 aliphatic heterocycles. The number of halogens is 2. The summed E-state index contributed by atoms with van der Waals surface area (Å²) >= 11 is 11.7. The first kappa shape index (κ1) is 14.1. The molecule has 3 nitrogen and oxygen atoms in total. The second kappa shape index (κ2) is 6.72. The zero-order valence-corrected chi connectivity index (χ0v) is 11.4. The van der Waals surface area contributed by atoms with E-state index in [1.165, 1.54) is 0 Å². The second-order valence-electron chi connectivity index (χ2n) is 3.89. The molecule has 0 saturated heterocycles. The third-order valence-electron chi connectivity index (χ3n) is 2.34. The number of benzene rings is 1. The molecule has 0 aliphatic carbocycles. The van der Waals surface area contributed by atoms with Gasteiger partial charge in [-0.05, 0) is 31.5 Å². The van der Waals surface area contributed by atoms with E-state index in [2.05, 4.69) is 10.6 Å². The Balaban J connectivity index is 2.47. The summed E-state index contributed by atoms with van der Waals surface area (Å²) in [5, 5.41) is 6.92. The quantitative estimate of drug-likeness (QED) is 0.865. The molecular weight excluding hydrogens is 259 g/mol. The maximum Gasteiger partial charge on any atom is 0.239 e. The Morgan fingerprint density at radius 3 is 2.41 bits per heavy atom. The molecule has 0 fully saturated rings. The van der Waals surface area contributed by atoms with E-state index in [-0.39, 0.29) is 18.5 Å². The van der Waals surface area contributed by atoms with Gasteiger partial charge in [-0.2, -0.15) is 0 Å². The maximum absolute atomic E-state index is 11.5. The lowest BCUT2D eigenvalue weighted by molar-refractivity contribution is -0.120. The summed E-state index contributed by atoms with van der Waals surface area (Å²) < 4.78 is 0. The highest BCUT2D eigenvalue weighted by Gasteiger charge is 2.05. The van der Waals surface area contributed by atoms with E-state index < -0.39 is 0 Å². The molecule has 0 radical (unpaired) electrons. The average Bonchev–Trinajstić information content (AvgIpc) is 2.25. The largest absolute Gasteiger partial charge is 0.376 e. The van der Waals surface area contributed by atoms with Crippen molar-refractivity contribution < 1.29 is 4.79 Å². The summed E-state index contributed by atoms with van der Waals surface area (Å²) in [5.41, 5.74) is 0.738. The number of carbonyl (C=O) groups excluding carboxylic acids is 1. The molecule has 2 N–H and O–H groups in total. The van der Waals surface area contributed by atoms with Crippen molar-refractivity contribution in [3.63, 3.8) is 0 Å². The normalized spacial score (nSPS) is 12.0. The van der Waals surface area contributed by atoms with Crippen molar-refractivity contribution in [2.24, 2.45) is 0 Å². The molecule has 0 bridgehead atoms. The Morgan fingerprint density at radius 1 is 1.29 bits per heavy atom. The van der Waals surface area contributed by atoms with Gasteiger partial charge in [0.25, 0.3) is 0 Å². The Bertz CT molecular complexity index is 376. The van der Waals surface area contributed by atoms with E-state index in [1.807, 2.05) is 13.8 Å². The Morgan fingerprint density at radius 2 is 1.88 bits per heavy atom. The average molecular weight is 275 g/mol. The van der Waals surface area contributed by atoms with Crippen LogP contribution in [0.5, 0.6) is 0 Å². The molecule has 1 atom stereocenters. The molecular formula is C12H16Cl2N2O. The fraction of sp³-hybridized carbons (Fsp3) is 0.417. The molecule has 1 rings (SSSR count). The third-order valence-corrected chi connectivity index (χ3v) is 2.77. The van der Waals surface area contributed by atoms with Crippen molar-refractivity contribution in [1.29, 1.82) is 0 Å². The Kier molecular flexibility index (Phi) is 5.59. The van der Waals surface area contributed by atoms with Crippen LogP contribution in [-0.2, 0) is 4.79 Å². The number of hydrogen-bond donors (Lipinski definition) is 2. The molecule has 0 heterocycles. The van der Waals surface area contributed by atoms with E-state index in [0.29, 0.717) is 10.0 Å². The van der Waals surface area contributed by atoms with Crippen LogP contribution < -0.4 is 10.6 Å². The zero-order valence-electron chi connectivity index (χ0n) is 9.89. The van der Waals surface area contributed by atoms with Gasteiger partial charge in [-0.3, -0.25) is 4.79 Å². The van der Waals surface area contributed by atoms with Crippen LogP contribution in [0.4, 0.5) is 5.69 Å². The smallest absolute Gasteiger partial charge is 0.239 e. The van der Waals surface area contributed by atoms with Crippen LogP contribution in [0.25, 0.3) is 0 Å². The molecule has 1 aromatic rings. The van der Waals surface area contributed by atoms with Crippen molar-refractivity contribution >= 4 is 34.8 Å². The van der Waals surface area contributed by atoms with Gasteiger partial charge in [0, 0.05) is 21.8 Å². The van der Waals surface area contributed by atoms with Crippen LogP contribution >= 0.6 is 23.2 Å².